The topological polar surface area (TPSA) is 57.6 Å². The van der Waals surface area contributed by atoms with Crippen LogP contribution in [0.5, 0.6) is 0 Å². The third-order valence-corrected chi connectivity index (χ3v) is 3.77. The third-order valence-electron chi connectivity index (χ3n) is 1.16. The minimum Gasteiger partial charge on any atom is -0.297 e. The summed E-state index contributed by atoms with van der Waals surface area (Å²) in [6.45, 7) is 1.86. The van der Waals surface area contributed by atoms with Gasteiger partial charge in [-0.1, -0.05) is 6.92 Å². The van der Waals surface area contributed by atoms with Gasteiger partial charge in [0.25, 0.3) is 0 Å². The number of nitrogens with zero attached hydrogens (tertiary/aromatic N) is 1. The van der Waals surface area contributed by atoms with Crippen molar-refractivity contribution in [2.75, 3.05) is 14.1 Å². The molecule has 1 unspecified atom stereocenters. The standard InChI is InChI=1S/C5H13NO3S2/c1-4-5(6(2)3)10-11(7,8)9/h5H,4H2,1-3H3,(H,7,8,9). The molecule has 0 saturated heterocycles. The lowest BCUT2D eigenvalue weighted by atomic mass is 10.4. The van der Waals surface area contributed by atoms with E-state index in [2.05, 4.69) is 0 Å². The molecule has 1 N–H and O–H groups in total. The lowest BCUT2D eigenvalue weighted by molar-refractivity contribution is 0.376. The highest BCUT2D eigenvalue weighted by Crippen LogP contribution is 2.21. The normalized spacial score (nSPS) is 15.4. The van der Waals surface area contributed by atoms with Crippen LogP contribution in [0, 0.1) is 0 Å². The van der Waals surface area contributed by atoms with Gasteiger partial charge in [-0.3, -0.25) is 9.45 Å². The van der Waals surface area contributed by atoms with Gasteiger partial charge < -0.3 is 0 Å². The van der Waals surface area contributed by atoms with Gasteiger partial charge in [0.1, 0.15) is 0 Å². The minimum absolute atomic E-state index is 0.176. The molecule has 0 aromatic rings. The van der Waals surface area contributed by atoms with Gasteiger partial charge in [0.2, 0.25) is 0 Å². The molecule has 0 aliphatic carbocycles. The SMILES string of the molecule is CCC(SS(=O)(=O)O)N(C)C. The van der Waals surface area contributed by atoms with E-state index in [4.69, 9.17) is 4.55 Å². The molecule has 0 aliphatic rings. The first kappa shape index (κ1) is 11.2. The van der Waals surface area contributed by atoms with Crippen LogP contribution < -0.4 is 0 Å². The van der Waals surface area contributed by atoms with Gasteiger partial charge >= 0.3 is 9.15 Å². The average molecular weight is 199 g/mol. The Labute approximate surface area is 71.1 Å². The van der Waals surface area contributed by atoms with Crippen molar-refractivity contribution in [2.24, 2.45) is 0 Å². The second-order valence-electron chi connectivity index (χ2n) is 2.35. The zero-order valence-electron chi connectivity index (χ0n) is 6.81. The largest absolute Gasteiger partial charge is 0.321 e. The molecule has 0 heterocycles. The van der Waals surface area contributed by atoms with Gasteiger partial charge in [0.15, 0.2) is 0 Å². The van der Waals surface area contributed by atoms with Crippen LogP contribution in [-0.4, -0.2) is 37.3 Å². The van der Waals surface area contributed by atoms with E-state index in [0.29, 0.717) is 17.2 Å². The molecule has 0 fully saturated rings. The summed E-state index contributed by atoms with van der Waals surface area (Å²) in [6.07, 6.45) is 0.678. The van der Waals surface area contributed by atoms with Crippen LogP contribution in [0.2, 0.25) is 0 Å². The van der Waals surface area contributed by atoms with Crippen molar-refractivity contribution < 1.29 is 13.0 Å². The van der Waals surface area contributed by atoms with Gasteiger partial charge in [0, 0.05) is 10.8 Å². The molecule has 0 aromatic heterocycles. The van der Waals surface area contributed by atoms with E-state index in [9.17, 15) is 8.42 Å². The van der Waals surface area contributed by atoms with Crippen LogP contribution in [-0.2, 0) is 9.15 Å². The molecule has 0 radical (unpaired) electrons. The first-order valence-corrected chi connectivity index (χ1v) is 6.02. The molecule has 4 nitrogen and oxygen atoms in total. The minimum atomic E-state index is -3.91. The molecule has 6 heteroatoms. The van der Waals surface area contributed by atoms with Crippen LogP contribution >= 0.6 is 10.8 Å². The van der Waals surface area contributed by atoms with Crippen molar-refractivity contribution in [3.05, 3.63) is 0 Å². The van der Waals surface area contributed by atoms with Crippen LogP contribution in [0.15, 0.2) is 0 Å². The van der Waals surface area contributed by atoms with Gasteiger partial charge in [-0.25, -0.2) is 0 Å². The Hall–Kier alpha value is 0.220. The fraction of sp³-hybridized carbons (Fsp3) is 1.00. The monoisotopic (exact) mass is 199 g/mol. The summed E-state index contributed by atoms with van der Waals surface area (Å²) in [5, 5.41) is -0.176. The summed E-state index contributed by atoms with van der Waals surface area (Å²) >= 11 is 0. The molecule has 0 amide bonds. The second-order valence-corrected chi connectivity index (χ2v) is 5.78. The predicted molar refractivity (Wildman–Crippen MR) is 46.9 cm³/mol. The molecular formula is C5H13NO3S2. The molecule has 0 rings (SSSR count). The third kappa shape index (κ3) is 5.49. The van der Waals surface area contributed by atoms with Crippen molar-refractivity contribution in [2.45, 2.75) is 18.7 Å². The predicted octanol–water partition coefficient (Wildman–Crippen LogP) is 0.820. The maximum atomic E-state index is 10.4. The van der Waals surface area contributed by atoms with Crippen LogP contribution in [0.1, 0.15) is 13.3 Å². The van der Waals surface area contributed by atoms with Crippen molar-refractivity contribution in [1.82, 2.24) is 4.90 Å². The van der Waals surface area contributed by atoms with Gasteiger partial charge in [-0.2, -0.15) is 8.42 Å². The van der Waals surface area contributed by atoms with E-state index in [0.717, 1.165) is 0 Å². The Bertz CT molecular complexity index is 200. The summed E-state index contributed by atoms with van der Waals surface area (Å²) in [6, 6.07) is 0. The zero-order valence-corrected chi connectivity index (χ0v) is 8.44. The van der Waals surface area contributed by atoms with Gasteiger partial charge in [-0.15, -0.1) is 0 Å². The van der Waals surface area contributed by atoms with Crippen LogP contribution in [0.3, 0.4) is 0 Å². The lowest BCUT2D eigenvalue weighted by Gasteiger charge is -2.19. The van der Waals surface area contributed by atoms with E-state index in [1.807, 2.05) is 6.92 Å². The molecule has 68 valence electrons. The van der Waals surface area contributed by atoms with Gasteiger partial charge in [0.05, 0.1) is 5.37 Å². The van der Waals surface area contributed by atoms with Crippen LogP contribution in [0.4, 0.5) is 0 Å². The quantitative estimate of drug-likeness (QED) is 0.413. The zero-order chi connectivity index (χ0) is 9.07. The summed E-state index contributed by atoms with van der Waals surface area (Å²) in [7, 11) is 0.199. The van der Waals surface area contributed by atoms with Crippen molar-refractivity contribution in [3.63, 3.8) is 0 Å². The van der Waals surface area contributed by atoms with E-state index in [-0.39, 0.29) is 5.37 Å². The summed E-state index contributed by atoms with van der Waals surface area (Å²) < 4.78 is 29.3. The van der Waals surface area contributed by atoms with Crippen molar-refractivity contribution in [1.29, 1.82) is 0 Å². The van der Waals surface area contributed by atoms with Crippen molar-refractivity contribution >= 4 is 19.9 Å². The Morgan fingerprint density at radius 3 is 2.09 bits per heavy atom. The second kappa shape index (κ2) is 4.30. The lowest BCUT2D eigenvalue weighted by Crippen LogP contribution is -2.25. The fourth-order valence-electron chi connectivity index (χ4n) is 0.660. The van der Waals surface area contributed by atoms with E-state index in [1.165, 1.54) is 0 Å². The van der Waals surface area contributed by atoms with Crippen molar-refractivity contribution in [3.8, 4) is 0 Å². The van der Waals surface area contributed by atoms with E-state index in [1.54, 1.807) is 19.0 Å². The Kier molecular flexibility index (Phi) is 4.38. The van der Waals surface area contributed by atoms with Gasteiger partial charge in [-0.05, 0) is 20.5 Å². The molecule has 11 heavy (non-hydrogen) atoms. The Balaban J connectivity index is 4.10. The van der Waals surface area contributed by atoms with Crippen LogP contribution in [0.25, 0.3) is 0 Å². The summed E-state index contributed by atoms with van der Waals surface area (Å²) in [5.74, 6) is 0. The molecule has 0 aliphatic heterocycles. The number of hydrogen-bond donors (Lipinski definition) is 1. The summed E-state index contributed by atoms with van der Waals surface area (Å²) in [5.41, 5.74) is 0. The first-order chi connectivity index (χ1) is 4.87. The Morgan fingerprint density at radius 1 is 1.55 bits per heavy atom. The highest BCUT2D eigenvalue weighted by atomic mass is 33.1. The maximum absolute atomic E-state index is 10.4. The molecule has 1 atom stereocenters. The molecule has 0 spiro atoms. The first-order valence-electron chi connectivity index (χ1n) is 3.19. The molecule has 0 aromatic carbocycles. The Morgan fingerprint density at radius 2 is 2.00 bits per heavy atom. The molecule has 0 bridgehead atoms. The molecular weight excluding hydrogens is 186 g/mol. The maximum Gasteiger partial charge on any atom is 0.321 e. The number of rotatable bonds is 4. The summed E-state index contributed by atoms with van der Waals surface area (Å²) in [4.78, 5) is 1.75. The average Bonchev–Trinajstić information content (AvgIpc) is 1.80. The number of hydrogen-bond acceptors (Lipinski definition) is 4. The highest BCUT2D eigenvalue weighted by Gasteiger charge is 2.17. The smallest absolute Gasteiger partial charge is 0.297 e. The molecule has 0 saturated carbocycles. The highest BCUT2D eigenvalue weighted by molar-refractivity contribution is 8.70. The fourth-order valence-corrected chi connectivity index (χ4v) is 3.02. The van der Waals surface area contributed by atoms with E-state index < -0.39 is 9.15 Å². The van der Waals surface area contributed by atoms with E-state index >= 15 is 0 Å².